The van der Waals surface area contributed by atoms with E-state index in [9.17, 15) is 9.59 Å². The van der Waals surface area contributed by atoms with Gasteiger partial charge in [-0.2, -0.15) is 0 Å². The van der Waals surface area contributed by atoms with Crippen molar-refractivity contribution < 1.29 is 14.3 Å². The molecule has 0 aliphatic heterocycles. The van der Waals surface area contributed by atoms with Crippen LogP contribution in [0.15, 0.2) is 72.8 Å². The van der Waals surface area contributed by atoms with Gasteiger partial charge >= 0.3 is 0 Å². The maximum atomic E-state index is 13.6. The molecule has 2 amide bonds. The Hall–Kier alpha value is -3.02. The monoisotopic (exact) mass is 512 g/mol. The SMILES string of the molecule is Cc1cccc(CN(C(=O)COc2ccc(Cl)cc2Cl)[C@@H](Cc2ccccc2)C(=O)NC(C)C)c1. The van der Waals surface area contributed by atoms with Crippen LogP contribution in [0.4, 0.5) is 0 Å². The molecule has 3 rings (SSSR count). The summed E-state index contributed by atoms with van der Waals surface area (Å²) in [5, 5.41) is 3.76. The topological polar surface area (TPSA) is 58.6 Å². The Balaban J connectivity index is 1.92. The number of benzene rings is 3. The number of carbonyl (C=O) groups excluding carboxylic acids is 2. The summed E-state index contributed by atoms with van der Waals surface area (Å²) in [4.78, 5) is 28.5. The van der Waals surface area contributed by atoms with Crippen LogP contribution < -0.4 is 10.1 Å². The Labute approximate surface area is 217 Å². The van der Waals surface area contributed by atoms with Gasteiger partial charge < -0.3 is 15.0 Å². The minimum atomic E-state index is -0.725. The minimum absolute atomic E-state index is 0.0687. The molecule has 184 valence electrons. The van der Waals surface area contributed by atoms with Crippen molar-refractivity contribution in [1.29, 1.82) is 0 Å². The van der Waals surface area contributed by atoms with Crippen molar-refractivity contribution >= 4 is 35.0 Å². The number of nitrogens with zero attached hydrogens (tertiary/aromatic N) is 1. The maximum Gasteiger partial charge on any atom is 0.261 e. The number of ether oxygens (including phenoxy) is 1. The Bertz CT molecular complexity index is 1150. The van der Waals surface area contributed by atoms with E-state index in [0.717, 1.165) is 16.7 Å². The van der Waals surface area contributed by atoms with E-state index in [-0.39, 0.29) is 31.0 Å². The van der Waals surface area contributed by atoms with Crippen LogP contribution in [0.25, 0.3) is 0 Å². The number of hydrogen-bond donors (Lipinski definition) is 1. The van der Waals surface area contributed by atoms with E-state index in [0.29, 0.717) is 22.2 Å². The van der Waals surface area contributed by atoms with Gasteiger partial charge in [-0.15, -0.1) is 0 Å². The second kappa shape index (κ2) is 12.6. The second-order valence-corrected chi connectivity index (χ2v) is 9.59. The highest BCUT2D eigenvalue weighted by atomic mass is 35.5. The first-order chi connectivity index (χ1) is 16.7. The fourth-order valence-corrected chi connectivity index (χ4v) is 4.22. The molecule has 0 aliphatic carbocycles. The molecule has 1 N–H and O–H groups in total. The Morgan fingerprint density at radius 1 is 0.943 bits per heavy atom. The average Bonchev–Trinajstić information content (AvgIpc) is 2.81. The fourth-order valence-electron chi connectivity index (χ4n) is 3.76. The van der Waals surface area contributed by atoms with Crippen LogP contribution in [-0.4, -0.2) is 35.4 Å². The van der Waals surface area contributed by atoms with E-state index in [1.165, 1.54) is 0 Å². The average molecular weight is 513 g/mol. The number of amides is 2. The standard InChI is InChI=1S/C28H30Cl2N2O3/c1-19(2)31-28(34)25(15-21-9-5-4-6-10-21)32(17-22-11-7-8-20(3)14-22)27(33)18-35-26-13-12-23(29)16-24(26)30/h4-14,16,19,25H,15,17-18H2,1-3H3,(H,31,34)/t25-/m0/s1. The summed E-state index contributed by atoms with van der Waals surface area (Å²) in [5.41, 5.74) is 2.96. The van der Waals surface area contributed by atoms with Gasteiger partial charge in [0.25, 0.3) is 5.91 Å². The van der Waals surface area contributed by atoms with Crippen molar-refractivity contribution in [2.45, 2.75) is 45.8 Å². The molecular formula is C28H30Cl2N2O3. The summed E-state index contributed by atoms with van der Waals surface area (Å²) >= 11 is 12.2. The Morgan fingerprint density at radius 2 is 1.66 bits per heavy atom. The molecule has 3 aromatic carbocycles. The van der Waals surface area contributed by atoms with Crippen LogP contribution in [0, 0.1) is 6.92 Å². The van der Waals surface area contributed by atoms with Gasteiger partial charge in [0.15, 0.2) is 6.61 Å². The molecule has 0 saturated heterocycles. The summed E-state index contributed by atoms with van der Waals surface area (Å²) in [6.07, 6.45) is 0.374. The number of halogens is 2. The fraction of sp³-hybridized carbons (Fsp3) is 0.286. The van der Waals surface area contributed by atoms with Crippen molar-refractivity contribution in [3.8, 4) is 5.75 Å². The molecule has 0 spiro atoms. The molecule has 35 heavy (non-hydrogen) atoms. The quantitative estimate of drug-likeness (QED) is 0.370. The summed E-state index contributed by atoms with van der Waals surface area (Å²) in [6.45, 7) is 5.79. The highest BCUT2D eigenvalue weighted by Crippen LogP contribution is 2.27. The van der Waals surface area contributed by atoms with E-state index in [2.05, 4.69) is 5.32 Å². The van der Waals surface area contributed by atoms with Gasteiger partial charge in [0.1, 0.15) is 11.8 Å². The highest BCUT2D eigenvalue weighted by molar-refractivity contribution is 6.35. The first kappa shape index (κ1) is 26.6. The first-order valence-electron chi connectivity index (χ1n) is 11.5. The molecule has 0 bridgehead atoms. The molecular weight excluding hydrogens is 483 g/mol. The van der Waals surface area contributed by atoms with Gasteiger partial charge in [-0.05, 0) is 50.1 Å². The molecule has 5 nitrogen and oxygen atoms in total. The molecule has 0 fully saturated rings. The van der Waals surface area contributed by atoms with E-state index < -0.39 is 6.04 Å². The summed E-state index contributed by atoms with van der Waals surface area (Å²) < 4.78 is 5.74. The first-order valence-corrected chi connectivity index (χ1v) is 12.3. The molecule has 0 aromatic heterocycles. The zero-order chi connectivity index (χ0) is 25.4. The van der Waals surface area contributed by atoms with Gasteiger partial charge in [0.05, 0.1) is 5.02 Å². The summed E-state index contributed by atoms with van der Waals surface area (Å²) in [5.74, 6) is -0.182. The van der Waals surface area contributed by atoms with Crippen molar-refractivity contribution in [3.63, 3.8) is 0 Å². The van der Waals surface area contributed by atoms with Crippen LogP contribution in [0.2, 0.25) is 10.0 Å². The third-order valence-corrected chi connectivity index (χ3v) is 5.91. The van der Waals surface area contributed by atoms with E-state index >= 15 is 0 Å². The van der Waals surface area contributed by atoms with Crippen molar-refractivity contribution in [1.82, 2.24) is 10.2 Å². The molecule has 0 saturated carbocycles. The van der Waals surface area contributed by atoms with Crippen LogP contribution in [-0.2, 0) is 22.6 Å². The van der Waals surface area contributed by atoms with Crippen LogP contribution in [0.1, 0.15) is 30.5 Å². The number of nitrogens with one attached hydrogen (secondary N) is 1. The van der Waals surface area contributed by atoms with E-state index in [4.69, 9.17) is 27.9 Å². The van der Waals surface area contributed by atoms with E-state index in [1.807, 2.05) is 75.4 Å². The lowest BCUT2D eigenvalue weighted by atomic mass is 10.0. The molecule has 0 heterocycles. The van der Waals surface area contributed by atoms with Crippen LogP contribution in [0.3, 0.4) is 0 Å². The lowest BCUT2D eigenvalue weighted by molar-refractivity contribution is -0.143. The second-order valence-electron chi connectivity index (χ2n) is 8.74. The van der Waals surface area contributed by atoms with Gasteiger partial charge in [0, 0.05) is 24.0 Å². The summed E-state index contributed by atoms with van der Waals surface area (Å²) in [6, 6.07) is 21.6. The number of carbonyl (C=O) groups is 2. The number of hydrogen-bond acceptors (Lipinski definition) is 3. The van der Waals surface area contributed by atoms with Gasteiger partial charge in [-0.3, -0.25) is 9.59 Å². The van der Waals surface area contributed by atoms with Crippen molar-refractivity contribution in [2.75, 3.05) is 6.61 Å². The molecule has 0 radical (unpaired) electrons. The zero-order valence-corrected chi connectivity index (χ0v) is 21.6. The summed E-state index contributed by atoms with van der Waals surface area (Å²) in [7, 11) is 0. The van der Waals surface area contributed by atoms with Crippen molar-refractivity contribution in [3.05, 3.63) is 99.5 Å². The molecule has 0 aliphatic rings. The normalized spacial score (nSPS) is 11.7. The zero-order valence-electron chi connectivity index (χ0n) is 20.1. The number of aryl methyl sites for hydroxylation is 1. The lowest BCUT2D eigenvalue weighted by Crippen LogP contribution is -2.52. The maximum absolute atomic E-state index is 13.6. The van der Waals surface area contributed by atoms with Gasteiger partial charge in [0.2, 0.25) is 5.91 Å². The minimum Gasteiger partial charge on any atom is -0.482 e. The smallest absolute Gasteiger partial charge is 0.261 e. The van der Waals surface area contributed by atoms with Crippen LogP contribution >= 0.6 is 23.2 Å². The third kappa shape index (κ3) is 8.01. The number of rotatable bonds is 10. The molecule has 7 heteroatoms. The van der Waals surface area contributed by atoms with Gasteiger partial charge in [-0.1, -0.05) is 83.4 Å². The highest BCUT2D eigenvalue weighted by Gasteiger charge is 2.31. The van der Waals surface area contributed by atoms with E-state index in [1.54, 1.807) is 23.1 Å². The Morgan fingerprint density at radius 3 is 2.31 bits per heavy atom. The van der Waals surface area contributed by atoms with Crippen LogP contribution in [0.5, 0.6) is 5.75 Å². The lowest BCUT2D eigenvalue weighted by Gasteiger charge is -2.32. The Kier molecular flexibility index (Phi) is 9.58. The predicted molar refractivity (Wildman–Crippen MR) is 141 cm³/mol. The van der Waals surface area contributed by atoms with Gasteiger partial charge in [-0.25, -0.2) is 0 Å². The van der Waals surface area contributed by atoms with Crippen molar-refractivity contribution in [2.24, 2.45) is 0 Å². The molecule has 3 aromatic rings. The molecule has 1 atom stereocenters. The molecule has 0 unspecified atom stereocenters. The largest absolute Gasteiger partial charge is 0.482 e. The third-order valence-electron chi connectivity index (χ3n) is 5.38. The predicted octanol–water partition coefficient (Wildman–Crippen LogP) is 5.85.